The van der Waals surface area contributed by atoms with E-state index in [2.05, 4.69) is 10.3 Å². The van der Waals surface area contributed by atoms with E-state index in [1.165, 1.54) is 4.88 Å². The van der Waals surface area contributed by atoms with Gasteiger partial charge in [-0.3, -0.25) is 0 Å². The van der Waals surface area contributed by atoms with Gasteiger partial charge in [0.1, 0.15) is 5.75 Å². The maximum atomic E-state index is 9.85. The average Bonchev–Trinajstić information content (AvgIpc) is 2.83. The molecule has 19 heavy (non-hydrogen) atoms. The molecule has 0 amide bonds. The summed E-state index contributed by atoms with van der Waals surface area (Å²) in [5, 5.41) is 16.2. The van der Waals surface area contributed by atoms with Crippen molar-refractivity contribution in [1.82, 2.24) is 4.98 Å². The van der Waals surface area contributed by atoms with Crippen molar-refractivity contribution in [3.63, 3.8) is 0 Å². The average molecular weight is 270 g/mol. The van der Waals surface area contributed by atoms with Crippen LogP contribution in [0.25, 0.3) is 10.8 Å². The van der Waals surface area contributed by atoms with Crippen LogP contribution in [0.3, 0.4) is 0 Å². The molecule has 0 aliphatic heterocycles. The van der Waals surface area contributed by atoms with E-state index in [1.807, 2.05) is 43.5 Å². The molecule has 0 aliphatic rings. The van der Waals surface area contributed by atoms with Gasteiger partial charge in [-0.15, -0.1) is 11.3 Å². The quantitative estimate of drug-likeness (QED) is 0.758. The van der Waals surface area contributed by atoms with Gasteiger partial charge in [0.05, 0.1) is 11.6 Å². The Morgan fingerprint density at radius 1 is 1.16 bits per heavy atom. The van der Waals surface area contributed by atoms with Crippen LogP contribution < -0.4 is 5.32 Å². The van der Waals surface area contributed by atoms with Crippen molar-refractivity contribution in [1.29, 1.82) is 0 Å². The van der Waals surface area contributed by atoms with E-state index in [1.54, 1.807) is 17.4 Å². The van der Waals surface area contributed by atoms with Gasteiger partial charge in [-0.1, -0.05) is 24.3 Å². The van der Waals surface area contributed by atoms with Crippen molar-refractivity contribution < 1.29 is 5.11 Å². The van der Waals surface area contributed by atoms with Gasteiger partial charge in [0.2, 0.25) is 0 Å². The summed E-state index contributed by atoms with van der Waals surface area (Å²) in [4.78, 5) is 5.45. The third-order valence-electron chi connectivity index (χ3n) is 3.02. The van der Waals surface area contributed by atoms with Gasteiger partial charge in [0.25, 0.3) is 0 Å². The van der Waals surface area contributed by atoms with E-state index in [0.717, 1.165) is 28.0 Å². The number of anilines is 1. The number of phenolic OH excluding ortho intramolecular Hbond substituents is 1. The highest BCUT2D eigenvalue weighted by Gasteiger charge is 2.04. The summed E-state index contributed by atoms with van der Waals surface area (Å²) in [5.41, 5.74) is 1.03. The first-order chi connectivity index (χ1) is 9.24. The lowest BCUT2D eigenvalue weighted by Gasteiger charge is -2.09. The molecule has 3 nitrogen and oxygen atoms in total. The van der Waals surface area contributed by atoms with Gasteiger partial charge < -0.3 is 10.4 Å². The van der Waals surface area contributed by atoms with Crippen molar-refractivity contribution in [3.05, 3.63) is 52.5 Å². The van der Waals surface area contributed by atoms with E-state index in [4.69, 9.17) is 0 Å². The number of nitrogens with zero attached hydrogens (tertiary/aromatic N) is 1. The highest BCUT2D eigenvalue weighted by molar-refractivity contribution is 7.11. The monoisotopic (exact) mass is 270 g/mol. The number of nitrogens with one attached hydrogen (secondary N) is 1. The zero-order valence-electron chi connectivity index (χ0n) is 10.6. The molecule has 0 fully saturated rings. The predicted molar refractivity (Wildman–Crippen MR) is 79.8 cm³/mol. The predicted octanol–water partition coefficient (Wildman–Crippen LogP) is 3.92. The molecule has 0 aliphatic carbocycles. The first-order valence-corrected chi connectivity index (χ1v) is 6.91. The number of phenols is 1. The number of aryl methyl sites for hydroxylation is 1. The van der Waals surface area contributed by atoms with Gasteiger partial charge in [0, 0.05) is 27.5 Å². The fourth-order valence-electron chi connectivity index (χ4n) is 2.12. The normalized spacial score (nSPS) is 10.8. The minimum atomic E-state index is 0.315. The lowest BCUT2D eigenvalue weighted by Crippen LogP contribution is -1.97. The van der Waals surface area contributed by atoms with Gasteiger partial charge in [-0.2, -0.15) is 0 Å². The van der Waals surface area contributed by atoms with E-state index < -0.39 is 0 Å². The van der Waals surface area contributed by atoms with E-state index in [-0.39, 0.29) is 0 Å². The molecule has 96 valence electrons. The maximum absolute atomic E-state index is 9.85. The Balaban J connectivity index is 1.91. The van der Waals surface area contributed by atoms with E-state index in [0.29, 0.717) is 5.75 Å². The molecule has 0 radical (unpaired) electrons. The van der Waals surface area contributed by atoms with Crippen LogP contribution >= 0.6 is 11.3 Å². The topological polar surface area (TPSA) is 45.2 Å². The van der Waals surface area contributed by atoms with Crippen LogP contribution in [0, 0.1) is 6.92 Å². The van der Waals surface area contributed by atoms with Crippen LogP contribution in [0.1, 0.15) is 9.88 Å². The molecule has 0 saturated heterocycles. The summed E-state index contributed by atoms with van der Waals surface area (Å²) in [6.07, 6.45) is 1.90. The summed E-state index contributed by atoms with van der Waals surface area (Å²) >= 11 is 1.69. The number of aromatic nitrogens is 1. The van der Waals surface area contributed by atoms with Crippen molar-refractivity contribution in [2.45, 2.75) is 13.5 Å². The Hall–Kier alpha value is -2.07. The van der Waals surface area contributed by atoms with Crippen molar-refractivity contribution in [3.8, 4) is 5.75 Å². The maximum Gasteiger partial charge on any atom is 0.123 e. The van der Waals surface area contributed by atoms with E-state index >= 15 is 0 Å². The number of hydrogen-bond acceptors (Lipinski definition) is 4. The molecule has 1 heterocycles. The number of thiazole rings is 1. The van der Waals surface area contributed by atoms with Crippen molar-refractivity contribution >= 4 is 27.8 Å². The molecule has 0 unspecified atom stereocenters. The third-order valence-corrected chi connectivity index (χ3v) is 3.93. The van der Waals surface area contributed by atoms with Crippen LogP contribution in [-0.2, 0) is 6.54 Å². The van der Waals surface area contributed by atoms with Crippen LogP contribution in [0.4, 0.5) is 5.69 Å². The first kappa shape index (κ1) is 12.0. The smallest absolute Gasteiger partial charge is 0.123 e. The Kier molecular flexibility index (Phi) is 3.09. The second-order valence-corrected chi connectivity index (χ2v) is 5.70. The second-order valence-electron chi connectivity index (χ2n) is 4.38. The lowest BCUT2D eigenvalue weighted by molar-refractivity contribution is 0.481. The van der Waals surface area contributed by atoms with Gasteiger partial charge in [-0.05, 0) is 19.1 Å². The first-order valence-electron chi connectivity index (χ1n) is 6.10. The van der Waals surface area contributed by atoms with Gasteiger partial charge in [0.15, 0.2) is 0 Å². The molecule has 0 spiro atoms. The summed E-state index contributed by atoms with van der Waals surface area (Å²) in [5.74, 6) is 0.315. The third kappa shape index (κ3) is 2.39. The summed E-state index contributed by atoms with van der Waals surface area (Å²) in [6.45, 7) is 2.75. The van der Waals surface area contributed by atoms with Gasteiger partial charge >= 0.3 is 0 Å². The summed E-state index contributed by atoms with van der Waals surface area (Å²) in [6, 6.07) is 11.5. The Bertz CT molecular complexity index is 721. The molecule has 1 aromatic heterocycles. The van der Waals surface area contributed by atoms with Crippen molar-refractivity contribution in [2.75, 3.05) is 5.32 Å². The van der Waals surface area contributed by atoms with Crippen LogP contribution in [-0.4, -0.2) is 10.1 Å². The molecular formula is C15H14N2OS. The second kappa shape index (κ2) is 4.90. The number of benzene rings is 2. The lowest BCUT2D eigenvalue weighted by atomic mass is 10.1. The Morgan fingerprint density at radius 3 is 2.74 bits per heavy atom. The fourth-order valence-corrected chi connectivity index (χ4v) is 2.85. The fraction of sp³-hybridized carbons (Fsp3) is 0.133. The largest absolute Gasteiger partial charge is 0.507 e. The molecule has 2 N–H and O–H groups in total. The highest BCUT2D eigenvalue weighted by atomic mass is 32.1. The van der Waals surface area contributed by atoms with E-state index in [9.17, 15) is 5.11 Å². The molecule has 0 saturated carbocycles. The number of hydrogen-bond donors (Lipinski definition) is 2. The highest BCUT2D eigenvalue weighted by Crippen LogP contribution is 2.30. The number of aromatic hydroxyl groups is 1. The minimum Gasteiger partial charge on any atom is -0.507 e. The summed E-state index contributed by atoms with van der Waals surface area (Å²) < 4.78 is 0. The molecular weight excluding hydrogens is 256 g/mol. The van der Waals surface area contributed by atoms with Crippen molar-refractivity contribution in [2.24, 2.45) is 0 Å². The Morgan fingerprint density at radius 2 is 1.95 bits per heavy atom. The Labute approximate surface area is 115 Å². The van der Waals surface area contributed by atoms with Gasteiger partial charge in [-0.25, -0.2) is 4.98 Å². The molecule has 2 aromatic carbocycles. The number of rotatable bonds is 3. The molecule has 0 atom stereocenters. The molecule has 4 heteroatoms. The number of fused-ring (bicyclic) bond motifs is 1. The molecule has 3 aromatic rings. The minimum absolute atomic E-state index is 0.315. The molecule has 3 rings (SSSR count). The van der Waals surface area contributed by atoms with Crippen LogP contribution in [0.2, 0.25) is 0 Å². The van der Waals surface area contributed by atoms with Crippen LogP contribution in [0.15, 0.2) is 42.6 Å². The summed E-state index contributed by atoms with van der Waals surface area (Å²) in [7, 11) is 0. The standard InChI is InChI=1S/C15H14N2OS/c1-10-16-8-11(19-10)9-17-14-6-2-5-13-12(14)4-3-7-15(13)18/h2-8,17-18H,9H2,1H3. The molecule has 0 bridgehead atoms. The SMILES string of the molecule is Cc1ncc(CNc2cccc3c(O)cccc23)s1. The zero-order valence-corrected chi connectivity index (χ0v) is 11.4. The zero-order chi connectivity index (χ0) is 13.2. The van der Waals surface area contributed by atoms with Crippen LogP contribution in [0.5, 0.6) is 5.75 Å².